The number of nitrogens with one attached hydrogen (secondary N) is 3. The summed E-state index contributed by atoms with van der Waals surface area (Å²) in [5.41, 5.74) is 10.3. The van der Waals surface area contributed by atoms with Crippen molar-refractivity contribution in [1.29, 1.82) is 0 Å². The van der Waals surface area contributed by atoms with Crippen LogP contribution in [0.1, 0.15) is 68.1 Å². The normalized spacial score (nSPS) is 9.44. The molecule has 0 spiro atoms. The van der Waals surface area contributed by atoms with Crippen molar-refractivity contribution in [2.75, 3.05) is 26.8 Å². The number of methoxy groups -OCH3 is 1. The molecule has 0 aliphatic carbocycles. The van der Waals surface area contributed by atoms with E-state index in [-0.39, 0.29) is 18.7 Å². The van der Waals surface area contributed by atoms with E-state index in [9.17, 15) is 9.59 Å². The lowest BCUT2D eigenvalue weighted by Gasteiger charge is -2.18. The van der Waals surface area contributed by atoms with Gasteiger partial charge in [-0.15, -0.1) is 0 Å². The summed E-state index contributed by atoms with van der Waals surface area (Å²) in [4.78, 5) is 30.3. The lowest BCUT2D eigenvalue weighted by molar-refractivity contribution is -0.136. The Hall–Kier alpha value is -3.75. The predicted octanol–water partition coefficient (Wildman–Crippen LogP) is 2.92. The number of carbonyl (C=O) groups is 3. The van der Waals surface area contributed by atoms with Crippen LogP contribution in [0.3, 0.4) is 0 Å². The van der Waals surface area contributed by atoms with Crippen molar-refractivity contribution in [3.8, 4) is 11.8 Å². The van der Waals surface area contributed by atoms with Crippen LogP contribution >= 0.6 is 0 Å². The van der Waals surface area contributed by atoms with E-state index in [1.807, 2.05) is 52.0 Å². The van der Waals surface area contributed by atoms with Gasteiger partial charge in [0.1, 0.15) is 0 Å². The first kappa shape index (κ1) is 37.4. The molecule has 7 N–H and O–H groups in total. The Labute approximate surface area is 232 Å². The standard InChI is InChI=1S/C23H29N3O2.C3H6O2.C2H6.CH3NO2/c1-23(2,24)17-26-22(27)21-12-10-19(11-13-21)5-4-18-6-8-20(9-7-18)16-25-14-15-28-3;1-2-3(4)5;1-2;3-1-2-4/h6-13,25H,14-17,24H2,1-3H3,(H,26,27);2H2,1H3,(H,4,5);1-2H3;1,4H,(H,2,3). The zero-order valence-corrected chi connectivity index (χ0v) is 23.8. The maximum Gasteiger partial charge on any atom is 0.303 e. The lowest BCUT2D eigenvalue weighted by Crippen LogP contribution is -2.45. The number of aliphatic carboxylic acids is 1. The summed E-state index contributed by atoms with van der Waals surface area (Å²) in [6.07, 6.45) is 0.403. The number of benzene rings is 2. The molecule has 0 unspecified atom stereocenters. The molecular formula is C29H44N4O6. The molecule has 0 atom stereocenters. The van der Waals surface area contributed by atoms with Crippen LogP contribution in [0.5, 0.6) is 0 Å². The molecule has 0 radical (unpaired) electrons. The van der Waals surface area contributed by atoms with Gasteiger partial charge in [-0.25, -0.2) is 5.48 Å². The van der Waals surface area contributed by atoms with Crippen LogP contribution in [-0.2, 0) is 20.9 Å². The third kappa shape index (κ3) is 22.0. The molecule has 39 heavy (non-hydrogen) atoms. The van der Waals surface area contributed by atoms with Crippen LogP contribution < -0.4 is 21.8 Å². The van der Waals surface area contributed by atoms with E-state index in [0.717, 1.165) is 24.2 Å². The highest BCUT2D eigenvalue weighted by atomic mass is 16.5. The molecule has 2 amide bonds. The summed E-state index contributed by atoms with van der Waals surface area (Å²) in [5, 5.41) is 21.1. The van der Waals surface area contributed by atoms with Gasteiger partial charge >= 0.3 is 5.97 Å². The van der Waals surface area contributed by atoms with Crippen molar-refractivity contribution in [3.05, 3.63) is 70.8 Å². The SMILES string of the molecule is CC.CCC(=O)O.COCCNCc1ccc(C#Cc2ccc(C(=O)NCC(C)(C)N)cc2)cc1.O=CNO. The van der Waals surface area contributed by atoms with Gasteiger partial charge in [0, 0.05) is 55.4 Å². The average molecular weight is 545 g/mol. The Kier molecular flexibility index (Phi) is 22.4. The molecule has 2 rings (SSSR count). The van der Waals surface area contributed by atoms with E-state index in [4.69, 9.17) is 25.6 Å². The minimum Gasteiger partial charge on any atom is -0.481 e. The minimum atomic E-state index is -0.745. The highest BCUT2D eigenvalue weighted by molar-refractivity contribution is 5.94. The fourth-order valence-electron chi connectivity index (χ4n) is 2.37. The first-order chi connectivity index (χ1) is 18.6. The molecule has 0 fully saturated rings. The Balaban J connectivity index is 0. The summed E-state index contributed by atoms with van der Waals surface area (Å²) in [6, 6.07) is 15.4. The molecule has 2 aromatic rings. The molecule has 0 saturated heterocycles. The van der Waals surface area contributed by atoms with E-state index in [1.54, 1.807) is 26.2 Å². The van der Waals surface area contributed by atoms with E-state index < -0.39 is 11.5 Å². The fourth-order valence-corrected chi connectivity index (χ4v) is 2.37. The Morgan fingerprint density at radius 2 is 1.49 bits per heavy atom. The molecule has 2 aromatic carbocycles. The van der Waals surface area contributed by atoms with Gasteiger partial charge in [0.2, 0.25) is 6.41 Å². The minimum absolute atomic E-state index is 0.132. The first-order valence-electron chi connectivity index (χ1n) is 12.6. The van der Waals surface area contributed by atoms with Gasteiger partial charge in [0.15, 0.2) is 0 Å². The maximum absolute atomic E-state index is 12.1. The number of hydrogen-bond acceptors (Lipinski definition) is 7. The van der Waals surface area contributed by atoms with Crippen LogP contribution in [-0.4, -0.2) is 60.9 Å². The Morgan fingerprint density at radius 1 is 1.03 bits per heavy atom. The van der Waals surface area contributed by atoms with E-state index in [2.05, 4.69) is 34.6 Å². The van der Waals surface area contributed by atoms with E-state index in [0.29, 0.717) is 18.7 Å². The molecule has 216 valence electrons. The smallest absolute Gasteiger partial charge is 0.303 e. The molecule has 0 bridgehead atoms. The first-order valence-corrected chi connectivity index (χ1v) is 12.6. The summed E-state index contributed by atoms with van der Waals surface area (Å²) in [5.74, 6) is 5.40. The van der Waals surface area contributed by atoms with Gasteiger partial charge < -0.3 is 26.2 Å². The zero-order valence-electron chi connectivity index (χ0n) is 23.8. The van der Waals surface area contributed by atoms with Crippen molar-refractivity contribution < 1.29 is 29.4 Å². The van der Waals surface area contributed by atoms with E-state index in [1.165, 1.54) is 11.0 Å². The zero-order chi connectivity index (χ0) is 30.1. The predicted molar refractivity (Wildman–Crippen MR) is 153 cm³/mol. The number of ether oxygens (including phenoxy) is 1. The van der Waals surface area contributed by atoms with Crippen molar-refractivity contribution >= 4 is 18.3 Å². The fraction of sp³-hybridized carbons (Fsp3) is 0.414. The molecule has 0 heterocycles. The molecule has 0 aliphatic heterocycles. The lowest BCUT2D eigenvalue weighted by atomic mass is 10.1. The molecule has 0 aromatic heterocycles. The second-order valence-corrected chi connectivity index (χ2v) is 8.36. The third-order valence-corrected chi connectivity index (χ3v) is 4.32. The Bertz CT molecular complexity index is 992. The average Bonchev–Trinajstić information content (AvgIpc) is 2.95. The Morgan fingerprint density at radius 3 is 1.87 bits per heavy atom. The molecule has 0 aliphatic rings. The van der Waals surface area contributed by atoms with Crippen LogP contribution in [0.15, 0.2) is 48.5 Å². The number of amides is 2. The third-order valence-electron chi connectivity index (χ3n) is 4.32. The molecule has 0 saturated carbocycles. The summed E-state index contributed by atoms with van der Waals surface area (Å²) in [7, 11) is 1.69. The van der Waals surface area contributed by atoms with Gasteiger partial charge in [-0.1, -0.05) is 44.7 Å². The summed E-state index contributed by atoms with van der Waals surface area (Å²) >= 11 is 0. The van der Waals surface area contributed by atoms with Gasteiger partial charge in [-0.05, 0) is 55.8 Å². The number of carboxylic acids is 1. The molecule has 10 nitrogen and oxygen atoms in total. The van der Waals surface area contributed by atoms with Crippen molar-refractivity contribution in [2.24, 2.45) is 5.73 Å². The van der Waals surface area contributed by atoms with Crippen molar-refractivity contribution in [1.82, 2.24) is 16.1 Å². The topological polar surface area (TPSA) is 163 Å². The highest BCUT2D eigenvalue weighted by Crippen LogP contribution is 2.06. The largest absolute Gasteiger partial charge is 0.481 e. The van der Waals surface area contributed by atoms with Crippen LogP contribution in [0.4, 0.5) is 0 Å². The second-order valence-electron chi connectivity index (χ2n) is 8.36. The molecule has 10 heteroatoms. The molecular weight excluding hydrogens is 500 g/mol. The van der Waals surface area contributed by atoms with Gasteiger partial charge in [0.25, 0.3) is 5.91 Å². The van der Waals surface area contributed by atoms with Crippen LogP contribution in [0.25, 0.3) is 0 Å². The van der Waals surface area contributed by atoms with Crippen LogP contribution in [0, 0.1) is 11.8 Å². The van der Waals surface area contributed by atoms with Crippen LogP contribution in [0.2, 0.25) is 0 Å². The number of hydroxylamine groups is 1. The number of hydrogen-bond donors (Lipinski definition) is 6. The van der Waals surface area contributed by atoms with E-state index >= 15 is 0 Å². The van der Waals surface area contributed by atoms with Crippen molar-refractivity contribution in [2.45, 2.75) is 53.1 Å². The van der Waals surface area contributed by atoms with Gasteiger partial charge in [0.05, 0.1) is 6.61 Å². The second kappa shape index (κ2) is 23.4. The monoisotopic (exact) mass is 544 g/mol. The number of carboxylic acid groups (broad SMARTS) is 1. The number of carbonyl (C=O) groups excluding carboxylic acids is 2. The summed E-state index contributed by atoms with van der Waals surface area (Å²) in [6.45, 7) is 12.1. The quantitative estimate of drug-likeness (QED) is 0.0874. The number of rotatable bonds is 10. The summed E-state index contributed by atoms with van der Waals surface area (Å²) < 4.78 is 5.01. The maximum atomic E-state index is 12.1. The highest BCUT2D eigenvalue weighted by Gasteiger charge is 2.13. The van der Waals surface area contributed by atoms with Gasteiger partial charge in [-0.3, -0.25) is 19.6 Å². The van der Waals surface area contributed by atoms with Gasteiger partial charge in [-0.2, -0.15) is 0 Å². The number of nitrogens with two attached hydrogens (primary N) is 1. The van der Waals surface area contributed by atoms with Crippen molar-refractivity contribution in [3.63, 3.8) is 0 Å².